The first kappa shape index (κ1) is 11.9. The van der Waals surface area contributed by atoms with Gasteiger partial charge in [0.2, 0.25) is 5.88 Å². The summed E-state index contributed by atoms with van der Waals surface area (Å²) in [7, 11) is 0. The van der Waals surface area contributed by atoms with Crippen molar-refractivity contribution in [3.05, 3.63) is 17.6 Å². The Balaban J connectivity index is 2.84. The summed E-state index contributed by atoms with van der Waals surface area (Å²) < 4.78 is 5.36. The van der Waals surface area contributed by atoms with Crippen LogP contribution < -0.4 is 4.74 Å². The minimum absolute atomic E-state index is 0.340. The molecule has 0 spiro atoms. The third-order valence-corrected chi connectivity index (χ3v) is 2.32. The average molecular weight is 210 g/mol. The lowest BCUT2D eigenvalue weighted by atomic mass is 10.1. The van der Waals surface area contributed by atoms with Gasteiger partial charge in [-0.25, -0.2) is 9.97 Å². The zero-order valence-corrected chi connectivity index (χ0v) is 9.53. The van der Waals surface area contributed by atoms with Crippen LogP contribution in [0.3, 0.4) is 0 Å². The molecule has 0 amide bonds. The van der Waals surface area contributed by atoms with Gasteiger partial charge in [-0.2, -0.15) is 0 Å². The highest BCUT2D eigenvalue weighted by atomic mass is 16.5. The molecule has 1 atom stereocenters. The molecule has 0 saturated carbocycles. The summed E-state index contributed by atoms with van der Waals surface area (Å²) in [6, 6.07) is 0. The van der Waals surface area contributed by atoms with Gasteiger partial charge >= 0.3 is 0 Å². The van der Waals surface area contributed by atoms with Crippen LogP contribution in [0.2, 0.25) is 0 Å². The van der Waals surface area contributed by atoms with Gasteiger partial charge in [-0.3, -0.25) is 0 Å². The second-order valence-electron chi connectivity index (χ2n) is 3.45. The molecule has 0 aliphatic carbocycles. The third-order valence-electron chi connectivity index (χ3n) is 2.32. The van der Waals surface area contributed by atoms with E-state index in [4.69, 9.17) is 4.74 Å². The first-order valence-electron chi connectivity index (χ1n) is 5.30. The van der Waals surface area contributed by atoms with E-state index in [-0.39, 0.29) is 6.10 Å². The number of nitrogens with zero attached hydrogens (tertiary/aromatic N) is 2. The molecule has 1 N–H and O–H groups in total. The summed E-state index contributed by atoms with van der Waals surface area (Å²) in [6.45, 7) is 6.38. The number of hydrogen-bond acceptors (Lipinski definition) is 4. The Morgan fingerprint density at radius 2 is 2.13 bits per heavy atom. The molecule has 1 unspecified atom stereocenters. The van der Waals surface area contributed by atoms with Gasteiger partial charge in [0.15, 0.2) is 0 Å². The zero-order chi connectivity index (χ0) is 11.3. The van der Waals surface area contributed by atoms with Crippen LogP contribution in [0.15, 0.2) is 6.33 Å². The van der Waals surface area contributed by atoms with E-state index >= 15 is 0 Å². The maximum atomic E-state index is 9.56. The molecule has 0 saturated heterocycles. The number of hydrogen-bond donors (Lipinski definition) is 1. The van der Waals surface area contributed by atoms with Crippen LogP contribution in [-0.2, 0) is 6.42 Å². The van der Waals surface area contributed by atoms with Crippen molar-refractivity contribution >= 4 is 0 Å². The molecule has 1 aromatic rings. The molecule has 84 valence electrons. The van der Waals surface area contributed by atoms with Crippen molar-refractivity contribution in [2.24, 2.45) is 0 Å². The van der Waals surface area contributed by atoms with Gasteiger partial charge in [-0.1, -0.05) is 6.92 Å². The highest BCUT2D eigenvalue weighted by Gasteiger charge is 2.11. The Bertz CT molecular complexity index is 315. The van der Waals surface area contributed by atoms with Gasteiger partial charge in [0.1, 0.15) is 6.33 Å². The molecule has 0 aromatic carbocycles. The fourth-order valence-corrected chi connectivity index (χ4v) is 1.32. The highest BCUT2D eigenvalue weighted by Crippen LogP contribution is 2.17. The molecule has 1 rings (SSSR count). The van der Waals surface area contributed by atoms with Crippen LogP contribution in [0.4, 0.5) is 0 Å². The van der Waals surface area contributed by atoms with E-state index < -0.39 is 0 Å². The summed E-state index contributed by atoms with van der Waals surface area (Å²) in [5.74, 6) is 0.616. The van der Waals surface area contributed by atoms with E-state index in [0.29, 0.717) is 18.9 Å². The van der Waals surface area contributed by atoms with Crippen LogP contribution in [0.25, 0.3) is 0 Å². The van der Waals surface area contributed by atoms with Gasteiger partial charge < -0.3 is 9.84 Å². The van der Waals surface area contributed by atoms with Crippen LogP contribution >= 0.6 is 0 Å². The lowest BCUT2D eigenvalue weighted by molar-refractivity contribution is 0.169. The summed E-state index contributed by atoms with van der Waals surface area (Å²) in [5, 5.41) is 9.56. The van der Waals surface area contributed by atoms with Gasteiger partial charge in [0.25, 0.3) is 0 Å². The molecule has 1 heterocycles. The Hall–Kier alpha value is -1.16. The molecule has 0 radical (unpaired) electrons. The zero-order valence-electron chi connectivity index (χ0n) is 9.53. The Labute approximate surface area is 90.3 Å². The molecule has 0 fully saturated rings. The van der Waals surface area contributed by atoms with E-state index in [1.807, 2.05) is 20.8 Å². The Morgan fingerprint density at radius 3 is 2.73 bits per heavy atom. The summed E-state index contributed by atoms with van der Waals surface area (Å²) in [5.41, 5.74) is 1.79. The van der Waals surface area contributed by atoms with E-state index in [0.717, 1.165) is 17.7 Å². The second kappa shape index (κ2) is 5.66. The van der Waals surface area contributed by atoms with Crippen molar-refractivity contribution in [2.75, 3.05) is 6.61 Å². The van der Waals surface area contributed by atoms with Crippen molar-refractivity contribution in [2.45, 2.75) is 39.7 Å². The number of ether oxygens (including phenoxy) is 1. The number of aromatic nitrogens is 2. The van der Waals surface area contributed by atoms with Crippen LogP contribution in [0.5, 0.6) is 5.88 Å². The van der Waals surface area contributed by atoms with Crippen LogP contribution in [-0.4, -0.2) is 27.8 Å². The second-order valence-corrected chi connectivity index (χ2v) is 3.45. The number of aliphatic hydroxyl groups excluding tert-OH is 1. The Kier molecular flexibility index (Phi) is 4.49. The van der Waals surface area contributed by atoms with Gasteiger partial charge in [-0.15, -0.1) is 0 Å². The maximum Gasteiger partial charge on any atom is 0.219 e. The molecule has 4 heteroatoms. The summed E-state index contributed by atoms with van der Waals surface area (Å²) in [6.07, 6.45) is 2.43. The minimum Gasteiger partial charge on any atom is -0.478 e. The largest absolute Gasteiger partial charge is 0.478 e. The normalized spacial score (nSPS) is 12.5. The molecule has 0 aliphatic rings. The highest BCUT2D eigenvalue weighted by molar-refractivity contribution is 5.28. The van der Waals surface area contributed by atoms with Gasteiger partial charge in [-0.05, 0) is 20.3 Å². The standard InChI is InChI=1S/C11H18N2O2/c1-4-9(14)6-10-8(3)11(15-5-2)13-7-12-10/h7,9,14H,4-6H2,1-3H3. The smallest absolute Gasteiger partial charge is 0.219 e. The average Bonchev–Trinajstić information content (AvgIpc) is 2.24. The van der Waals surface area contributed by atoms with Crippen molar-refractivity contribution in [1.29, 1.82) is 0 Å². The number of aliphatic hydroxyl groups is 1. The quantitative estimate of drug-likeness (QED) is 0.800. The SMILES string of the molecule is CCOc1ncnc(CC(O)CC)c1C. The van der Waals surface area contributed by atoms with E-state index in [1.165, 1.54) is 6.33 Å². The van der Waals surface area contributed by atoms with Crippen molar-refractivity contribution in [3.8, 4) is 5.88 Å². The molecule has 1 aromatic heterocycles. The lowest BCUT2D eigenvalue weighted by Crippen LogP contribution is -2.12. The minimum atomic E-state index is -0.340. The Morgan fingerprint density at radius 1 is 1.40 bits per heavy atom. The molecule has 0 bridgehead atoms. The van der Waals surface area contributed by atoms with Gasteiger partial charge in [0, 0.05) is 12.0 Å². The van der Waals surface area contributed by atoms with E-state index in [9.17, 15) is 5.11 Å². The molecule has 15 heavy (non-hydrogen) atoms. The predicted molar refractivity (Wildman–Crippen MR) is 57.9 cm³/mol. The topological polar surface area (TPSA) is 55.2 Å². The molecular weight excluding hydrogens is 192 g/mol. The molecule has 4 nitrogen and oxygen atoms in total. The number of rotatable bonds is 5. The van der Waals surface area contributed by atoms with E-state index in [2.05, 4.69) is 9.97 Å². The molecule has 0 aliphatic heterocycles. The first-order chi connectivity index (χ1) is 7.19. The van der Waals surface area contributed by atoms with Crippen LogP contribution in [0, 0.1) is 6.92 Å². The van der Waals surface area contributed by atoms with Crippen molar-refractivity contribution < 1.29 is 9.84 Å². The summed E-state index contributed by atoms with van der Waals surface area (Å²) in [4.78, 5) is 8.20. The van der Waals surface area contributed by atoms with Crippen molar-refractivity contribution in [3.63, 3.8) is 0 Å². The molecular formula is C11H18N2O2. The van der Waals surface area contributed by atoms with Crippen LogP contribution in [0.1, 0.15) is 31.5 Å². The van der Waals surface area contributed by atoms with E-state index in [1.54, 1.807) is 0 Å². The van der Waals surface area contributed by atoms with Gasteiger partial charge in [0.05, 0.1) is 18.4 Å². The lowest BCUT2D eigenvalue weighted by Gasteiger charge is -2.11. The third kappa shape index (κ3) is 3.16. The first-order valence-corrected chi connectivity index (χ1v) is 5.30. The fraction of sp³-hybridized carbons (Fsp3) is 0.636. The monoisotopic (exact) mass is 210 g/mol. The predicted octanol–water partition coefficient (Wildman–Crippen LogP) is 1.50. The summed E-state index contributed by atoms with van der Waals surface area (Å²) >= 11 is 0. The fourth-order valence-electron chi connectivity index (χ4n) is 1.32. The maximum absolute atomic E-state index is 9.56. The van der Waals surface area contributed by atoms with Crippen molar-refractivity contribution in [1.82, 2.24) is 9.97 Å².